The van der Waals surface area contributed by atoms with Gasteiger partial charge < -0.3 is 20.5 Å². The van der Waals surface area contributed by atoms with Gasteiger partial charge in [-0.25, -0.2) is 0 Å². The van der Waals surface area contributed by atoms with Gasteiger partial charge in [0.25, 0.3) is 0 Å². The van der Waals surface area contributed by atoms with Crippen molar-refractivity contribution in [2.24, 2.45) is 16.6 Å². The standard InChI is InChI=1S/C14H29N3O2/c1-12(2)4-8-17-14(15)16-7-3-9-19-13-5-10-18-11-6-13/h12-13H,3-11H2,1-2H3,(H3,15,16,17). The van der Waals surface area contributed by atoms with E-state index < -0.39 is 0 Å². The monoisotopic (exact) mass is 271 g/mol. The van der Waals surface area contributed by atoms with Gasteiger partial charge in [0.2, 0.25) is 0 Å². The number of hydrogen-bond acceptors (Lipinski definition) is 3. The third-order valence-corrected chi connectivity index (χ3v) is 3.13. The van der Waals surface area contributed by atoms with E-state index >= 15 is 0 Å². The van der Waals surface area contributed by atoms with Crippen LogP contribution >= 0.6 is 0 Å². The predicted octanol–water partition coefficient (Wildman–Crippen LogP) is 1.52. The average Bonchev–Trinajstić information content (AvgIpc) is 2.39. The number of rotatable bonds is 8. The summed E-state index contributed by atoms with van der Waals surface area (Å²) in [6, 6.07) is 0. The lowest BCUT2D eigenvalue weighted by molar-refractivity contribution is -0.0318. The number of ether oxygens (including phenoxy) is 2. The van der Waals surface area contributed by atoms with Crippen molar-refractivity contribution in [3.63, 3.8) is 0 Å². The topological polar surface area (TPSA) is 68.9 Å². The molecule has 0 aliphatic carbocycles. The Kier molecular flexibility index (Phi) is 8.58. The minimum Gasteiger partial charge on any atom is -0.381 e. The van der Waals surface area contributed by atoms with Crippen LogP contribution in [0.25, 0.3) is 0 Å². The van der Waals surface area contributed by atoms with Crippen LogP contribution in [0.2, 0.25) is 0 Å². The maximum Gasteiger partial charge on any atom is 0.188 e. The van der Waals surface area contributed by atoms with E-state index in [-0.39, 0.29) is 0 Å². The van der Waals surface area contributed by atoms with Crippen molar-refractivity contribution in [2.45, 2.75) is 45.6 Å². The van der Waals surface area contributed by atoms with Crippen LogP contribution in [0.5, 0.6) is 0 Å². The molecule has 0 atom stereocenters. The Morgan fingerprint density at radius 2 is 2.16 bits per heavy atom. The van der Waals surface area contributed by atoms with E-state index in [0.29, 0.717) is 18.0 Å². The SMILES string of the molecule is CC(C)CCNC(N)=NCCCOC1CCOCC1. The zero-order valence-corrected chi connectivity index (χ0v) is 12.4. The molecular formula is C14H29N3O2. The minimum absolute atomic E-state index is 0.374. The highest BCUT2D eigenvalue weighted by atomic mass is 16.5. The van der Waals surface area contributed by atoms with Crippen LogP contribution in [-0.4, -0.2) is 45.0 Å². The molecule has 1 heterocycles. The number of hydrogen-bond donors (Lipinski definition) is 2. The van der Waals surface area contributed by atoms with E-state index in [9.17, 15) is 0 Å². The molecule has 1 aliphatic heterocycles. The number of nitrogens with one attached hydrogen (secondary N) is 1. The van der Waals surface area contributed by atoms with Gasteiger partial charge in [-0.05, 0) is 31.6 Å². The zero-order valence-electron chi connectivity index (χ0n) is 12.4. The number of guanidine groups is 1. The van der Waals surface area contributed by atoms with E-state index in [4.69, 9.17) is 15.2 Å². The molecule has 19 heavy (non-hydrogen) atoms. The molecule has 1 aliphatic rings. The zero-order chi connectivity index (χ0) is 13.9. The second kappa shape index (κ2) is 10.0. The largest absolute Gasteiger partial charge is 0.381 e. The molecule has 0 aromatic carbocycles. The highest BCUT2D eigenvalue weighted by Gasteiger charge is 2.13. The van der Waals surface area contributed by atoms with Gasteiger partial charge in [-0.15, -0.1) is 0 Å². The minimum atomic E-state index is 0.374. The second-order valence-corrected chi connectivity index (χ2v) is 5.41. The van der Waals surface area contributed by atoms with E-state index in [0.717, 1.165) is 58.6 Å². The Morgan fingerprint density at radius 1 is 1.42 bits per heavy atom. The smallest absolute Gasteiger partial charge is 0.188 e. The fourth-order valence-corrected chi connectivity index (χ4v) is 1.90. The Balaban J connectivity index is 1.96. The quantitative estimate of drug-likeness (QED) is 0.399. The van der Waals surface area contributed by atoms with Crippen LogP contribution in [0.3, 0.4) is 0 Å². The summed E-state index contributed by atoms with van der Waals surface area (Å²) >= 11 is 0. The molecule has 0 aromatic rings. The van der Waals surface area contributed by atoms with Gasteiger partial charge in [0, 0.05) is 32.9 Å². The Hall–Kier alpha value is -0.810. The molecule has 0 radical (unpaired) electrons. The summed E-state index contributed by atoms with van der Waals surface area (Å²) in [5.74, 6) is 1.24. The summed E-state index contributed by atoms with van der Waals surface area (Å²) in [4.78, 5) is 4.28. The first-order valence-electron chi connectivity index (χ1n) is 7.41. The lowest BCUT2D eigenvalue weighted by Gasteiger charge is -2.22. The van der Waals surface area contributed by atoms with Crippen molar-refractivity contribution in [3.05, 3.63) is 0 Å². The molecular weight excluding hydrogens is 242 g/mol. The van der Waals surface area contributed by atoms with Gasteiger partial charge in [0.1, 0.15) is 0 Å². The first kappa shape index (κ1) is 16.2. The van der Waals surface area contributed by atoms with E-state index in [1.54, 1.807) is 0 Å². The second-order valence-electron chi connectivity index (χ2n) is 5.41. The molecule has 0 saturated carbocycles. The van der Waals surface area contributed by atoms with E-state index in [2.05, 4.69) is 24.2 Å². The number of aliphatic imine (C=N–C) groups is 1. The molecule has 1 fully saturated rings. The van der Waals surface area contributed by atoms with Gasteiger partial charge >= 0.3 is 0 Å². The van der Waals surface area contributed by atoms with Crippen LogP contribution < -0.4 is 11.1 Å². The van der Waals surface area contributed by atoms with Crippen molar-refractivity contribution in [2.75, 3.05) is 32.9 Å². The molecule has 0 spiro atoms. The van der Waals surface area contributed by atoms with Gasteiger partial charge in [-0.3, -0.25) is 4.99 Å². The summed E-state index contributed by atoms with van der Waals surface area (Å²) in [5, 5.41) is 3.12. The van der Waals surface area contributed by atoms with Crippen molar-refractivity contribution in [3.8, 4) is 0 Å². The van der Waals surface area contributed by atoms with Crippen LogP contribution in [0, 0.1) is 5.92 Å². The first-order chi connectivity index (χ1) is 9.18. The predicted molar refractivity (Wildman–Crippen MR) is 78.4 cm³/mol. The number of nitrogens with zero attached hydrogens (tertiary/aromatic N) is 1. The summed E-state index contributed by atoms with van der Waals surface area (Å²) in [6.07, 6.45) is 4.44. The molecule has 0 unspecified atom stereocenters. The fraction of sp³-hybridized carbons (Fsp3) is 0.929. The Morgan fingerprint density at radius 3 is 2.84 bits per heavy atom. The summed E-state index contributed by atoms with van der Waals surface area (Å²) in [6.45, 7) is 8.43. The van der Waals surface area contributed by atoms with E-state index in [1.165, 1.54) is 0 Å². The molecule has 0 aromatic heterocycles. The van der Waals surface area contributed by atoms with Crippen molar-refractivity contribution >= 4 is 5.96 Å². The molecule has 0 amide bonds. The Bertz CT molecular complexity index is 251. The molecule has 1 saturated heterocycles. The highest BCUT2D eigenvalue weighted by Crippen LogP contribution is 2.10. The summed E-state index contributed by atoms with van der Waals surface area (Å²) in [5.41, 5.74) is 5.77. The van der Waals surface area contributed by atoms with Crippen molar-refractivity contribution in [1.29, 1.82) is 0 Å². The lowest BCUT2D eigenvalue weighted by atomic mass is 10.1. The summed E-state index contributed by atoms with van der Waals surface area (Å²) in [7, 11) is 0. The van der Waals surface area contributed by atoms with Gasteiger partial charge in [0.05, 0.1) is 6.10 Å². The van der Waals surface area contributed by atoms with Crippen LogP contribution in [0.1, 0.15) is 39.5 Å². The lowest BCUT2D eigenvalue weighted by Crippen LogP contribution is -2.33. The Labute approximate surface area is 116 Å². The summed E-state index contributed by atoms with van der Waals surface area (Å²) < 4.78 is 11.1. The fourth-order valence-electron chi connectivity index (χ4n) is 1.90. The van der Waals surface area contributed by atoms with Crippen LogP contribution in [0.15, 0.2) is 4.99 Å². The number of nitrogens with two attached hydrogens (primary N) is 1. The van der Waals surface area contributed by atoms with Crippen molar-refractivity contribution < 1.29 is 9.47 Å². The maximum atomic E-state index is 5.77. The molecule has 112 valence electrons. The van der Waals surface area contributed by atoms with Gasteiger partial charge in [-0.2, -0.15) is 0 Å². The van der Waals surface area contributed by atoms with Crippen LogP contribution in [0.4, 0.5) is 0 Å². The highest BCUT2D eigenvalue weighted by molar-refractivity contribution is 5.77. The molecule has 3 N–H and O–H groups in total. The maximum absolute atomic E-state index is 5.77. The van der Waals surface area contributed by atoms with E-state index in [1.807, 2.05) is 0 Å². The van der Waals surface area contributed by atoms with Crippen LogP contribution in [-0.2, 0) is 9.47 Å². The first-order valence-corrected chi connectivity index (χ1v) is 7.41. The van der Waals surface area contributed by atoms with Crippen molar-refractivity contribution in [1.82, 2.24) is 5.32 Å². The third kappa shape index (κ3) is 8.83. The van der Waals surface area contributed by atoms with Gasteiger partial charge in [0.15, 0.2) is 5.96 Å². The van der Waals surface area contributed by atoms with Gasteiger partial charge in [-0.1, -0.05) is 13.8 Å². The normalized spacial score (nSPS) is 17.9. The molecule has 5 nitrogen and oxygen atoms in total. The average molecular weight is 271 g/mol. The molecule has 0 bridgehead atoms. The molecule has 5 heteroatoms. The molecule has 1 rings (SSSR count). The third-order valence-electron chi connectivity index (χ3n) is 3.13.